The molecule has 0 aliphatic heterocycles. The highest BCUT2D eigenvalue weighted by Crippen LogP contribution is 2.32. The molecule has 5 nitrogen and oxygen atoms in total. The zero-order chi connectivity index (χ0) is 14.1. The molecule has 0 saturated carbocycles. The van der Waals surface area contributed by atoms with Crippen LogP contribution in [0.3, 0.4) is 0 Å². The molecule has 2 aromatic heterocycles. The van der Waals surface area contributed by atoms with Gasteiger partial charge in [0.05, 0.1) is 24.7 Å². The van der Waals surface area contributed by atoms with Crippen molar-refractivity contribution in [2.75, 3.05) is 18.6 Å². The lowest BCUT2D eigenvalue weighted by atomic mass is 10.0. The first-order valence-corrected chi connectivity index (χ1v) is 6.13. The van der Waals surface area contributed by atoms with Crippen LogP contribution in [0.5, 0.6) is 5.75 Å². The molecule has 0 atom stereocenters. The standard InChI is InChI=1S/C15H14N4O/c1-20-11-3-2-9-4-5-18-14(12(9)7-11)13-6-10(16)8-19-15(13)17/h2-8H,16H2,1H3,(H2,17,19). The topological polar surface area (TPSA) is 87.0 Å². The second-order valence-corrected chi connectivity index (χ2v) is 4.45. The fraction of sp³-hybridized carbons (Fsp3) is 0.0667. The number of rotatable bonds is 2. The Bertz CT molecular complexity index is 786. The molecule has 4 N–H and O–H groups in total. The third-order valence-corrected chi connectivity index (χ3v) is 3.17. The Labute approximate surface area is 116 Å². The third-order valence-electron chi connectivity index (χ3n) is 3.17. The average molecular weight is 266 g/mol. The molecule has 3 rings (SSSR count). The van der Waals surface area contributed by atoms with Crippen molar-refractivity contribution in [2.45, 2.75) is 0 Å². The van der Waals surface area contributed by atoms with Gasteiger partial charge in [-0.2, -0.15) is 0 Å². The zero-order valence-electron chi connectivity index (χ0n) is 11.0. The Kier molecular flexibility index (Phi) is 2.87. The molecule has 0 radical (unpaired) electrons. The van der Waals surface area contributed by atoms with Gasteiger partial charge in [-0.1, -0.05) is 6.07 Å². The van der Waals surface area contributed by atoms with Crippen LogP contribution in [0.25, 0.3) is 22.0 Å². The van der Waals surface area contributed by atoms with Crippen molar-refractivity contribution in [1.82, 2.24) is 9.97 Å². The number of hydrogen-bond acceptors (Lipinski definition) is 5. The van der Waals surface area contributed by atoms with E-state index in [0.29, 0.717) is 11.5 Å². The summed E-state index contributed by atoms with van der Waals surface area (Å²) in [5.41, 5.74) is 13.8. The van der Waals surface area contributed by atoms with E-state index in [2.05, 4.69) is 9.97 Å². The summed E-state index contributed by atoms with van der Waals surface area (Å²) in [5.74, 6) is 1.17. The predicted molar refractivity (Wildman–Crippen MR) is 80.4 cm³/mol. The van der Waals surface area contributed by atoms with Gasteiger partial charge in [0.2, 0.25) is 0 Å². The summed E-state index contributed by atoms with van der Waals surface area (Å²) in [6.07, 6.45) is 3.28. The molecule has 0 fully saturated rings. The number of ether oxygens (including phenoxy) is 1. The number of methoxy groups -OCH3 is 1. The van der Waals surface area contributed by atoms with E-state index in [0.717, 1.165) is 27.8 Å². The van der Waals surface area contributed by atoms with Gasteiger partial charge >= 0.3 is 0 Å². The van der Waals surface area contributed by atoms with Gasteiger partial charge in [0.1, 0.15) is 11.6 Å². The van der Waals surface area contributed by atoms with Crippen LogP contribution in [0, 0.1) is 0 Å². The van der Waals surface area contributed by atoms with Crippen molar-refractivity contribution in [2.24, 2.45) is 0 Å². The summed E-state index contributed by atoms with van der Waals surface area (Å²) in [6.45, 7) is 0. The highest BCUT2D eigenvalue weighted by molar-refractivity contribution is 5.97. The lowest BCUT2D eigenvalue weighted by Crippen LogP contribution is -1.98. The summed E-state index contributed by atoms with van der Waals surface area (Å²) >= 11 is 0. The smallest absolute Gasteiger partial charge is 0.132 e. The second-order valence-electron chi connectivity index (χ2n) is 4.45. The zero-order valence-corrected chi connectivity index (χ0v) is 11.0. The van der Waals surface area contributed by atoms with Gasteiger partial charge in [-0.15, -0.1) is 0 Å². The van der Waals surface area contributed by atoms with Crippen molar-refractivity contribution >= 4 is 22.3 Å². The van der Waals surface area contributed by atoms with Gasteiger partial charge in [-0.05, 0) is 29.7 Å². The molecule has 100 valence electrons. The molecule has 0 aliphatic rings. The Morgan fingerprint density at radius 2 is 1.90 bits per heavy atom. The third kappa shape index (κ3) is 1.99. The van der Waals surface area contributed by atoms with Gasteiger partial charge in [0.25, 0.3) is 0 Å². The van der Waals surface area contributed by atoms with Crippen LogP contribution in [0.1, 0.15) is 0 Å². The second kappa shape index (κ2) is 4.70. The fourth-order valence-electron chi connectivity index (χ4n) is 2.17. The minimum Gasteiger partial charge on any atom is -0.497 e. The maximum absolute atomic E-state index is 5.95. The Balaban J connectivity index is 2.32. The van der Waals surface area contributed by atoms with Gasteiger partial charge in [-0.3, -0.25) is 4.98 Å². The van der Waals surface area contributed by atoms with Crippen molar-refractivity contribution in [3.8, 4) is 17.0 Å². The van der Waals surface area contributed by atoms with Crippen LogP contribution in [0.4, 0.5) is 11.5 Å². The molecule has 1 aromatic carbocycles. The molecule has 0 saturated heterocycles. The molecule has 0 spiro atoms. The molecular formula is C15H14N4O. The van der Waals surface area contributed by atoms with Crippen molar-refractivity contribution in [3.63, 3.8) is 0 Å². The van der Waals surface area contributed by atoms with Crippen LogP contribution in [-0.2, 0) is 0 Å². The SMILES string of the molecule is COc1ccc2ccnc(-c3cc(N)cnc3N)c2c1. The number of hydrogen-bond donors (Lipinski definition) is 2. The molecule has 0 amide bonds. The normalized spacial score (nSPS) is 10.7. The average Bonchev–Trinajstić information content (AvgIpc) is 2.48. The number of fused-ring (bicyclic) bond motifs is 1. The van der Waals surface area contributed by atoms with Crippen LogP contribution in [-0.4, -0.2) is 17.1 Å². The van der Waals surface area contributed by atoms with Gasteiger partial charge in [-0.25, -0.2) is 4.98 Å². The summed E-state index contributed by atoms with van der Waals surface area (Å²) in [7, 11) is 1.63. The van der Waals surface area contributed by atoms with E-state index < -0.39 is 0 Å². The quantitative estimate of drug-likeness (QED) is 0.744. The van der Waals surface area contributed by atoms with Crippen LogP contribution in [0.2, 0.25) is 0 Å². The summed E-state index contributed by atoms with van der Waals surface area (Å²) in [6, 6.07) is 9.54. The monoisotopic (exact) mass is 266 g/mol. The fourth-order valence-corrected chi connectivity index (χ4v) is 2.17. The maximum atomic E-state index is 5.95. The molecular weight excluding hydrogens is 252 g/mol. The van der Waals surface area contributed by atoms with E-state index in [4.69, 9.17) is 16.2 Å². The number of nitrogens with zero attached hydrogens (tertiary/aromatic N) is 2. The van der Waals surface area contributed by atoms with E-state index in [9.17, 15) is 0 Å². The van der Waals surface area contributed by atoms with E-state index in [-0.39, 0.29) is 0 Å². The molecule has 0 aliphatic carbocycles. The number of nitrogen functional groups attached to an aromatic ring is 2. The Hall–Kier alpha value is -2.82. The lowest BCUT2D eigenvalue weighted by Gasteiger charge is -2.09. The Morgan fingerprint density at radius 1 is 1.05 bits per heavy atom. The van der Waals surface area contributed by atoms with Crippen molar-refractivity contribution in [1.29, 1.82) is 0 Å². The highest BCUT2D eigenvalue weighted by atomic mass is 16.5. The number of benzene rings is 1. The number of anilines is 2. The summed E-state index contributed by atoms with van der Waals surface area (Å²) < 4.78 is 5.27. The number of pyridine rings is 2. The first-order valence-electron chi connectivity index (χ1n) is 6.13. The minimum absolute atomic E-state index is 0.405. The highest BCUT2D eigenvalue weighted by Gasteiger charge is 2.11. The molecule has 3 aromatic rings. The molecule has 20 heavy (non-hydrogen) atoms. The maximum Gasteiger partial charge on any atom is 0.132 e. The first-order chi connectivity index (χ1) is 9.69. The van der Waals surface area contributed by atoms with Gasteiger partial charge in [0.15, 0.2) is 0 Å². The van der Waals surface area contributed by atoms with Crippen LogP contribution in [0.15, 0.2) is 42.7 Å². The van der Waals surface area contributed by atoms with E-state index in [1.54, 1.807) is 19.4 Å². The summed E-state index contributed by atoms with van der Waals surface area (Å²) in [5, 5.41) is 2.00. The predicted octanol–water partition coefficient (Wildman–Crippen LogP) is 2.47. The largest absolute Gasteiger partial charge is 0.497 e. The van der Waals surface area contributed by atoms with Crippen molar-refractivity contribution < 1.29 is 4.74 Å². The van der Waals surface area contributed by atoms with E-state index >= 15 is 0 Å². The lowest BCUT2D eigenvalue weighted by molar-refractivity contribution is 0.415. The minimum atomic E-state index is 0.405. The summed E-state index contributed by atoms with van der Waals surface area (Å²) in [4.78, 5) is 8.51. The Morgan fingerprint density at radius 3 is 2.70 bits per heavy atom. The molecule has 0 unspecified atom stereocenters. The van der Waals surface area contributed by atoms with E-state index in [1.807, 2.05) is 24.3 Å². The molecule has 2 heterocycles. The number of aromatic nitrogens is 2. The van der Waals surface area contributed by atoms with Crippen molar-refractivity contribution in [3.05, 3.63) is 42.7 Å². The van der Waals surface area contributed by atoms with Crippen LogP contribution >= 0.6 is 0 Å². The first kappa shape index (κ1) is 12.2. The molecule has 5 heteroatoms. The molecule has 0 bridgehead atoms. The number of nitrogens with two attached hydrogens (primary N) is 2. The van der Waals surface area contributed by atoms with Gasteiger partial charge < -0.3 is 16.2 Å². The van der Waals surface area contributed by atoms with Crippen LogP contribution < -0.4 is 16.2 Å². The van der Waals surface area contributed by atoms with Gasteiger partial charge in [0, 0.05) is 17.1 Å². The van der Waals surface area contributed by atoms with E-state index in [1.165, 1.54) is 6.20 Å².